The van der Waals surface area contributed by atoms with Crippen LogP contribution in [-0.2, 0) is 0 Å². The van der Waals surface area contributed by atoms with E-state index in [1.54, 1.807) is 0 Å². The van der Waals surface area contributed by atoms with Gasteiger partial charge in [-0.2, -0.15) is 11.3 Å². The van der Waals surface area contributed by atoms with Crippen LogP contribution in [0.4, 0.5) is 0 Å². The van der Waals surface area contributed by atoms with E-state index in [0.717, 1.165) is 0 Å². The van der Waals surface area contributed by atoms with E-state index in [4.69, 9.17) is 0 Å². The second-order valence-corrected chi connectivity index (χ2v) is 3.83. The maximum Gasteiger partial charge on any atom is 0.162 e. The number of hydrogen-bond donors (Lipinski definition) is 0. The van der Waals surface area contributed by atoms with Crippen molar-refractivity contribution >= 4 is 23.4 Å². The van der Waals surface area contributed by atoms with Crippen LogP contribution in [0.1, 0.15) is 24.6 Å². The van der Waals surface area contributed by atoms with Crippen molar-refractivity contribution in [1.82, 2.24) is 0 Å². The van der Waals surface area contributed by atoms with Gasteiger partial charge >= 0.3 is 0 Å². The molecule has 0 amide bonds. The Morgan fingerprint density at radius 3 is 2.40 bits per heavy atom. The Labute approximate surface area is 67.5 Å². The molecule has 2 heteroatoms. The molecule has 1 aromatic heterocycles. The molecule has 0 atom stereocenters. The summed E-state index contributed by atoms with van der Waals surface area (Å²) < 4.78 is 1.38. The van der Waals surface area contributed by atoms with Crippen LogP contribution in [0.2, 0.25) is 6.82 Å². The molecular weight excluding hydrogens is 139 g/mol. The van der Waals surface area contributed by atoms with Crippen LogP contribution in [0, 0.1) is 0 Å². The average molecular weight is 151 g/mol. The van der Waals surface area contributed by atoms with Gasteiger partial charge in [0.1, 0.15) is 0 Å². The summed E-state index contributed by atoms with van der Waals surface area (Å²) in [5.41, 5.74) is 0. The summed E-state index contributed by atoms with van der Waals surface area (Å²) in [6.45, 7) is 6.53. The molecule has 0 saturated carbocycles. The first-order valence-corrected chi connectivity index (χ1v) is 4.44. The van der Waals surface area contributed by atoms with E-state index in [9.17, 15) is 0 Å². The smallest absolute Gasteiger partial charge is 0.156 e. The molecule has 1 heterocycles. The first-order valence-electron chi connectivity index (χ1n) is 3.63. The highest BCUT2D eigenvalue weighted by atomic mass is 32.1. The molecule has 0 aliphatic carbocycles. The number of hydrogen-bond acceptors (Lipinski definition) is 1. The van der Waals surface area contributed by atoms with Crippen LogP contribution < -0.4 is 4.78 Å². The van der Waals surface area contributed by atoms with Gasteiger partial charge in [-0.25, -0.2) is 0 Å². The molecule has 0 aliphatic rings. The minimum atomic E-state index is 0.679. The third-order valence-electron chi connectivity index (χ3n) is 1.50. The van der Waals surface area contributed by atoms with Crippen molar-refractivity contribution in [3.63, 3.8) is 0 Å². The summed E-state index contributed by atoms with van der Waals surface area (Å²) in [5.74, 6) is 0.679. The summed E-state index contributed by atoms with van der Waals surface area (Å²) in [6, 6.07) is 4.39. The van der Waals surface area contributed by atoms with E-state index in [-0.39, 0.29) is 0 Å². The molecule has 0 N–H and O–H groups in total. The Balaban J connectivity index is 2.78. The molecule has 0 fully saturated rings. The topological polar surface area (TPSA) is 0 Å². The largest absolute Gasteiger partial charge is 0.162 e. The van der Waals surface area contributed by atoms with Crippen LogP contribution in [-0.4, -0.2) is 7.28 Å². The minimum Gasteiger partial charge on any atom is -0.156 e. The van der Waals surface area contributed by atoms with E-state index in [1.807, 2.05) is 11.3 Å². The van der Waals surface area contributed by atoms with E-state index < -0.39 is 0 Å². The fourth-order valence-corrected chi connectivity index (χ4v) is 1.73. The molecule has 0 spiro atoms. The second-order valence-electron chi connectivity index (χ2n) is 2.68. The first kappa shape index (κ1) is 7.87. The highest BCUT2D eigenvalue weighted by Crippen LogP contribution is 2.17. The van der Waals surface area contributed by atoms with Gasteiger partial charge in [-0.05, 0) is 16.8 Å². The molecule has 0 unspecified atom stereocenters. The second kappa shape index (κ2) is 3.24. The zero-order valence-electron chi connectivity index (χ0n) is 6.72. The zero-order valence-corrected chi connectivity index (χ0v) is 7.53. The summed E-state index contributed by atoms with van der Waals surface area (Å²) in [6.07, 6.45) is 0. The summed E-state index contributed by atoms with van der Waals surface area (Å²) in [5, 5.41) is 0. The molecular formula is C8H12BS. The predicted octanol–water partition coefficient (Wildman–Crippen LogP) is 2.25. The van der Waals surface area contributed by atoms with Crippen LogP contribution in [0.15, 0.2) is 12.1 Å². The third-order valence-corrected chi connectivity index (χ3v) is 2.95. The predicted molar refractivity (Wildman–Crippen MR) is 49.7 cm³/mol. The van der Waals surface area contributed by atoms with Crippen molar-refractivity contribution < 1.29 is 0 Å². The maximum atomic E-state index is 2.23. The SMILES string of the molecule is C[B]c1ccc(C(C)C)s1. The number of rotatable bonds is 2. The Hall–Kier alpha value is -0.235. The van der Waals surface area contributed by atoms with E-state index in [0.29, 0.717) is 5.92 Å². The van der Waals surface area contributed by atoms with Gasteiger partial charge in [0.25, 0.3) is 0 Å². The summed E-state index contributed by atoms with van der Waals surface area (Å²) in [7, 11) is 2.15. The van der Waals surface area contributed by atoms with Gasteiger partial charge in [0.2, 0.25) is 0 Å². The lowest BCUT2D eigenvalue weighted by Crippen LogP contribution is -2.02. The molecule has 0 nitrogen and oxygen atoms in total. The van der Waals surface area contributed by atoms with Crippen molar-refractivity contribution in [2.75, 3.05) is 0 Å². The fourth-order valence-electron chi connectivity index (χ4n) is 0.834. The average Bonchev–Trinajstić information content (AvgIpc) is 2.34. The van der Waals surface area contributed by atoms with Crippen molar-refractivity contribution in [2.24, 2.45) is 0 Å². The molecule has 1 rings (SSSR count). The van der Waals surface area contributed by atoms with Gasteiger partial charge in [-0.15, -0.1) is 0 Å². The summed E-state index contributed by atoms with van der Waals surface area (Å²) in [4.78, 5) is 1.48. The molecule has 1 aromatic rings. The Kier molecular flexibility index (Phi) is 2.55. The molecule has 10 heavy (non-hydrogen) atoms. The zero-order chi connectivity index (χ0) is 7.56. The van der Waals surface area contributed by atoms with Crippen LogP contribution in [0.3, 0.4) is 0 Å². The van der Waals surface area contributed by atoms with Crippen LogP contribution in [0.25, 0.3) is 0 Å². The normalized spacial score (nSPS) is 10.4. The monoisotopic (exact) mass is 151 g/mol. The minimum absolute atomic E-state index is 0.679. The molecule has 1 radical (unpaired) electrons. The third kappa shape index (κ3) is 1.63. The van der Waals surface area contributed by atoms with Gasteiger partial charge in [0.15, 0.2) is 7.28 Å². The Morgan fingerprint density at radius 2 is 2.10 bits per heavy atom. The van der Waals surface area contributed by atoms with E-state index in [2.05, 4.69) is 40.1 Å². The molecule has 0 saturated heterocycles. The van der Waals surface area contributed by atoms with Gasteiger partial charge in [-0.1, -0.05) is 26.7 Å². The van der Waals surface area contributed by atoms with Crippen molar-refractivity contribution in [2.45, 2.75) is 26.6 Å². The lowest BCUT2D eigenvalue weighted by Gasteiger charge is -1.96. The van der Waals surface area contributed by atoms with Crippen LogP contribution in [0.5, 0.6) is 0 Å². The standard InChI is InChI=1S/C8H12BS/c1-6(2)7-4-5-8(9-3)10-7/h4-6H,1-3H3. The first-order chi connectivity index (χ1) is 4.74. The van der Waals surface area contributed by atoms with Crippen molar-refractivity contribution in [1.29, 1.82) is 0 Å². The lowest BCUT2D eigenvalue weighted by molar-refractivity contribution is 0.890. The van der Waals surface area contributed by atoms with Gasteiger partial charge in [0.05, 0.1) is 0 Å². The fraction of sp³-hybridized carbons (Fsp3) is 0.500. The highest BCUT2D eigenvalue weighted by Gasteiger charge is 2.01. The van der Waals surface area contributed by atoms with Crippen molar-refractivity contribution in [3.05, 3.63) is 17.0 Å². The van der Waals surface area contributed by atoms with Crippen molar-refractivity contribution in [3.8, 4) is 0 Å². The Morgan fingerprint density at radius 1 is 1.40 bits per heavy atom. The van der Waals surface area contributed by atoms with Gasteiger partial charge in [0, 0.05) is 4.88 Å². The van der Waals surface area contributed by atoms with Gasteiger partial charge in [-0.3, -0.25) is 0 Å². The molecule has 0 bridgehead atoms. The lowest BCUT2D eigenvalue weighted by atomic mass is 9.81. The van der Waals surface area contributed by atoms with Crippen LogP contribution >= 0.6 is 11.3 Å². The quantitative estimate of drug-likeness (QED) is 0.568. The number of thiophene rings is 1. The molecule has 0 aliphatic heterocycles. The maximum absolute atomic E-state index is 2.23. The molecule has 53 valence electrons. The summed E-state index contributed by atoms with van der Waals surface area (Å²) >= 11 is 1.89. The van der Waals surface area contributed by atoms with E-state index >= 15 is 0 Å². The highest BCUT2D eigenvalue weighted by molar-refractivity contribution is 7.21. The Bertz CT molecular complexity index is 203. The van der Waals surface area contributed by atoms with E-state index in [1.165, 1.54) is 9.65 Å². The van der Waals surface area contributed by atoms with Gasteiger partial charge < -0.3 is 0 Å². The molecule has 0 aromatic carbocycles.